The molecule has 0 amide bonds. The summed E-state index contributed by atoms with van der Waals surface area (Å²) in [7, 11) is 0. The van der Waals surface area contributed by atoms with E-state index in [9.17, 15) is 0 Å². The summed E-state index contributed by atoms with van der Waals surface area (Å²) < 4.78 is 0. The second-order valence-electron chi connectivity index (χ2n) is 3.87. The minimum atomic E-state index is 0.585. The van der Waals surface area contributed by atoms with Crippen LogP contribution in [0, 0.1) is 0 Å². The van der Waals surface area contributed by atoms with E-state index >= 15 is 0 Å². The van der Waals surface area contributed by atoms with Crippen molar-refractivity contribution in [2.24, 2.45) is 0 Å². The lowest BCUT2D eigenvalue weighted by Crippen LogP contribution is -2.44. The first-order valence-corrected chi connectivity index (χ1v) is 5.82. The molecular formula is C11H20N2S. The maximum Gasteiger partial charge on any atom is 0.169 e. The summed E-state index contributed by atoms with van der Waals surface area (Å²) in [5, 5.41) is 4.09. The lowest BCUT2D eigenvalue weighted by atomic mass is 10.1. The molecule has 80 valence electrons. The molecule has 0 aromatic rings. The average molecular weight is 212 g/mol. The summed E-state index contributed by atoms with van der Waals surface area (Å²) in [6.07, 6.45) is 7.04. The van der Waals surface area contributed by atoms with E-state index in [-0.39, 0.29) is 0 Å². The number of thiocarbonyl (C=S) groups is 1. The maximum absolute atomic E-state index is 5.34. The molecule has 0 radical (unpaired) electrons. The van der Waals surface area contributed by atoms with E-state index in [0.29, 0.717) is 6.04 Å². The number of nitrogens with zero attached hydrogens (tertiary/aromatic N) is 1. The molecule has 1 rings (SSSR count). The minimum absolute atomic E-state index is 0.585. The molecule has 14 heavy (non-hydrogen) atoms. The van der Waals surface area contributed by atoms with Crippen LogP contribution in [0.1, 0.15) is 32.6 Å². The molecule has 0 aromatic heterocycles. The molecule has 0 bridgehead atoms. The Labute approximate surface area is 92.4 Å². The standard InChI is InChI=1S/C11H20N2S/c1-3-8-12-11(14)13-9-6-4-5-7-10(13)2/h3,10H,1,4-9H2,2H3,(H,12,14). The third kappa shape index (κ3) is 3.29. The first-order valence-electron chi connectivity index (χ1n) is 5.41. The van der Waals surface area contributed by atoms with Crippen LogP contribution >= 0.6 is 12.2 Å². The molecule has 0 aliphatic carbocycles. The highest BCUT2D eigenvalue weighted by molar-refractivity contribution is 7.80. The van der Waals surface area contributed by atoms with Crippen LogP contribution in [-0.4, -0.2) is 29.1 Å². The SMILES string of the molecule is C=CCNC(=S)N1CCCCCC1C. The Kier molecular flexibility index (Phi) is 4.94. The Hall–Kier alpha value is -0.570. The molecule has 1 aliphatic heterocycles. The number of nitrogens with one attached hydrogen (secondary N) is 1. The lowest BCUT2D eigenvalue weighted by molar-refractivity contribution is 0.333. The molecule has 0 saturated carbocycles. The molecule has 1 N–H and O–H groups in total. The smallest absolute Gasteiger partial charge is 0.169 e. The van der Waals surface area contributed by atoms with E-state index in [4.69, 9.17) is 12.2 Å². The van der Waals surface area contributed by atoms with Crippen molar-refractivity contribution in [2.45, 2.75) is 38.6 Å². The zero-order chi connectivity index (χ0) is 10.4. The summed E-state index contributed by atoms with van der Waals surface area (Å²) >= 11 is 5.34. The third-order valence-corrected chi connectivity index (χ3v) is 3.09. The lowest BCUT2D eigenvalue weighted by Gasteiger charge is -2.29. The first kappa shape index (κ1) is 11.5. The fraction of sp³-hybridized carbons (Fsp3) is 0.727. The second-order valence-corrected chi connectivity index (χ2v) is 4.25. The Morgan fingerprint density at radius 3 is 3.07 bits per heavy atom. The van der Waals surface area contributed by atoms with Crippen LogP contribution in [0.15, 0.2) is 12.7 Å². The molecule has 3 heteroatoms. The van der Waals surface area contributed by atoms with Crippen molar-refractivity contribution in [3.05, 3.63) is 12.7 Å². The average Bonchev–Trinajstić information content (AvgIpc) is 2.39. The van der Waals surface area contributed by atoms with Crippen LogP contribution in [0.5, 0.6) is 0 Å². The molecule has 1 heterocycles. The van der Waals surface area contributed by atoms with Gasteiger partial charge in [0.15, 0.2) is 5.11 Å². The van der Waals surface area contributed by atoms with E-state index in [1.54, 1.807) is 0 Å². The quantitative estimate of drug-likeness (QED) is 0.558. The van der Waals surface area contributed by atoms with Crippen LogP contribution in [0.25, 0.3) is 0 Å². The van der Waals surface area contributed by atoms with E-state index in [2.05, 4.69) is 23.7 Å². The van der Waals surface area contributed by atoms with E-state index in [0.717, 1.165) is 18.2 Å². The van der Waals surface area contributed by atoms with Crippen LogP contribution in [0.2, 0.25) is 0 Å². The minimum Gasteiger partial charge on any atom is -0.359 e. The van der Waals surface area contributed by atoms with Gasteiger partial charge in [0.05, 0.1) is 0 Å². The zero-order valence-corrected chi connectivity index (χ0v) is 9.78. The topological polar surface area (TPSA) is 15.3 Å². The molecule has 1 aliphatic rings. The molecule has 1 fully saturated rings. The van der Waals surface area contributed by atoms with Gasteiger partial charge in [-0.3, -0.25) is 0 Å². The molecular weight excluding hydrogens is 192 g/mol. The highest BCUT2D eigenvalue weighted by atomic mass is 32.1. The number of hydrogen-bond acceptors (Lipinski definition) is 1. The molecule has 1 unspecified atom stereocenters. The van der Waals surface area contributed by atoms with Crippen molar-refractivity contribution in [1.82, 2.24) is 10.2 Å². The largest absolute Gasteiger partial charge is 0.359 e. The van der Waals surface area contributed by atoms with Crippen molar-refractivity contribution in [3.8, 4) is 0 Å². The predicted octanol–water partition coefficient (Wildman–Crippen LogP) is 2.31. The first-order chi connectivity index (χ1) is 6.75. The number of likely N-dealkylation sites (tertiary alicyclic amines) is 1. The van der Waals surface area contributed by atoms with Gasteiger partial charge in [0, 0.05) is 19.1 Å². The van der Waals surface area contributed by atoms with Gasteiger partial charge in [0.25, 0.3) is 0 Å². The Morgan fingerprint density at radius 1 is 1.57 bits per heavy atom. The monoisotopic (exact) mass is 212 g/mol. The van der Waals surface area contributed by atoms with Gasteiger partial charge in [-0.1, -0.05) is 18.9 Å². The van der Waals surface area contributed by atoms with Crippen molar-refractivity contribution in [1.29, 1.82) is 0 Å². The second kappa shape index (κ2) is 6.02. The van der Waals surface area contributed by atoms with Crippen LogP contribution < -0.4 is 5.32 Å². The zero-order valence-electron chi connectivity index (χ0n) is 8.96. The highest BCUT2D eigenvalue weighted by Crippen LogP contribution is 2.16. The van der Waals surface area contributed by atoms with Gasteiger partial charge in [-0.05, 0) is 32.0 Å². The van der Waals surface area contributed by atoms with Crippen LogP contribution in [-0.2, 0) is 0 Å². The Bertz CT molecular complexity index is 203. The van der Waals surface area contributed by atoms with Crippen molar-refractivity contribution in [2.75, 3.05) is 13.1 Å². The van der Waals surface area contributed by atoms with Gasteiger partial charge in [-0.15, -0.1) is 6.58 Å². The number of hydrogen-bond donors (Lipinski definition) is 1. The predicted molar refractivity (Wildman–Crippen MR) is 65.4 cm³/mol. The van der Waals surface area contributed by atoms with Crippen molar-refractivity contribution >= 4 is 17.3 Å². The van der Waals surface area contributed by atoms with E-state index in [1.165, 1.54) is 25.7 Å². The number of rotatable bonds is 2. The molecule has 1 saturated heterocycles. The van der Waals surface area contributed by atoms with Crippen molar-refractivity contribution < 1.29 is 0 Å². The molecule has 0 spiro atoms. The summed E-state index contributed by atoms with van der Waals surface area (Å²) in [6, 6.07) is 0.585. The van der Waals surface area contributed by atoms with Crippen LogP contribution in [0.4, 0.5) is 0 Å². The van der Waals surface area contributed by atoms with E-state index in [1.807, 2.05) is 6.08 Å². The highest BCUT2D eigenvalue weighted by Gasteiger charge is 2.18. The summed E-state index contributed by atoms with van der Waals surface area (Å²) in [5.74, 6) is 0. The normalized spacial score (nSPS) is 22.6. The third-order valence-electron chi connectivity index (χ3n) is 2.71. The summed E-state index contributed by atoms with van der Waals surface area (Å²) in [5.41, 5.74) is 0. The maximum atomic E-state index is 5.34. The fourth-order valence-electron chi connectivity index (χ4n) is 1.84. The molecule has 0 aromatic carbocycles. The fourth-order valence-corrected chi connectivity index (χ4v) is 2.19. The summed E-state index contributed by atoms with van der Waals surface area (Å²) in [6.45, 7) is 7.80. The van der Waals surface area contributed by atoms with Gasteiger partial charge in [-0.2, -0.15) is 0 Å². The Morgan fingerprint density at radius 2 is 2.36 bits per heavy atom. The van der Waals surface area contributed by atoms with Gasteiger partial charge < -0.3 is 10.2 Å². The van der Waals surface area contributed by atoms with Gasteiger partial charge in [0.1, 0.15) is 0 Å². The van der Waals surface area contributed by atoms with Crippen LogP contribution in [0.3, 0.4) is 0 Å². The van der Waals surface area contributed by atoms with Crippen molar-refractivity contribution in [3.63, 3.8) is 0 Å². The van der Waals surface area contributed by atoms with Gasteiger partial charge in [-0.25, -0.2) is 0 Å². The van der Waals surface area contributed by atoms with Gasteiger partial charge in [0.2, 0.25) is 0 Å². The summed E-state index contributed by atoms with van der Waals surface area (Å²) in [4.78, 5) is 2.31. The Balaban J connectivity index is 2.45. The van der Waals surface area contributed by atoms with Gasteiger partial charge >= 0.3 is 0 Å². The molecule has 1 atom stereocenters. The molecule has 2 nitrogen and oxygen atoms in total. The van der Waals surface area contributed by atoms with E-state index < -0.39 is 0 Å².